The Morgan fingerprint density at radius 2 is 1.81 bits per heavy atom. The normalized spacial score (nSPS) is 17.2. The molecule has 0 aliphatic carbocycles. The number of hydrogen-bond donors (Lipinski definition) is 2. The van der Waals surface area contributed by atoms with Gasteiger partial charge in [0.25, 0.3) is 5.91 Å². The number of aromatic nitrogens is 4. The van der Waals surface area contributed by atoms with Gasteiger partial charge in [-0.3, -0.25) is 9.48 Å². The highest BCUT2D eigenvalue weighted by molar-refractivity contribution is 9.10. The van der Waals surface area contributed by atoms with Gasteiger partial charge in [0.15, 0.2) is 11.7 Å². The summed E-state index contributed by atoms with van der Waals surface area (Å²) in [5, 5.41) is 14.5. The van der Waals surface area contributed by atoms with Gasteiger partial charge in [0, 0.05) is 17.0 Å². The number of hydrogen-bond acceptors (Lipinski definition) is 4. The third-order valence-electron chi connectivity index (χ3n) is 6.49. The summed E-state index contributed by atoms with van der Waals surface area (Å²) in [7, 11) is 0. The molecule has 3 heterocycles. The summed E-state index contributed by atoms with van der Waals surface area (Å²) in [5.74, 6) is -0.456. The molecular weight excluding hydrogens is 549 g/mol. The van der Waals surface area contributed by atoms with E-state index in [2.05, 4.69) is 36.8 Å². The molecule has 0 spiro atoms. The first kappa shape index (κ1) is 25.1. The van der Waals surface area contributed by atoms with Gasteiger partial charge in [-0.15, -0.1) is 0 Å². The van der Waals surface area contributed by atoms with E-state index in [1.165, 1.54) is 6.07 Å². The zero-order chi connectivity index (χ0) is 26.3. The maximum absolute atomic E-state index is 14.0. The molecule has 11 heteroatoms. The van der Waals surface area contributed by atoms with E-state index in [9.17, 15) is 18.0 Å². The van der Waals surface area contributed by atoms with Gasteiger partial charge in [-0.25, -0.2) is 4.68 Å². The van der Waals surface area contributed by atoms with Crippen LogP contribution < -0.4 is 10.6 Å². The highest BCUT2D eigenvalue weighted by Crippen LogP contribution is 2.43. The monoisotopic (exact) mass is 572 g/mol. The molecule has 0 radical (unpaired) electrons. The van der Waals surface area contributed by atoms with Crippen LogP contribution >= 0.6 is 15.9 Å². The molecule has 5 rings (SSSR count). The lowest BCUT2D eigenvalue weighted by Crippen LogP contribution is -2.35. The predicted molar refractivity (Wildman–Crippen MR) is 138 cm³/mol. The van der Waals surface area contributed by atoms with E-state index in [0.717, 1.165) is 26.0 Å². The van der Waals surface area contributed by atoms with Crippen molar-refractivity contribution >= 4 is 33.3 Å². The van der Waals surface area contributed by atoms with Crippen molar-refractivity contribution in [2.45, 2.75) is 45.1 Å². The Hall–Kier alpha value is -3.60. The maximum Gasteiger partial charge on any atom is 0.410 e. The molecule has 1 aliphatic heterocycles. The van der Waals surface area contributed by atoms with Crippen LogP contribution in [0.3, 0.4) is 0 Å². The molecule has 37 heavy (non-hydrogen) atoms. The molecule has 0 unspecified atom stereocenters. The van der Waals surface area contributed by atoms with Crippen molar-refractivity contribution in [2.75, 3.05) is 10.6 Å². The lowest BCUT2D eigenvalue weighted by molar-refractivity contribution is -0.173. The van der Waals surface area contributed by atoms with Crippen molar-refractivity contribution < 1.29 is 18.0 Å². The smallest absolute Gasteiger partial charge is 0.363 e. The van der Waals surface area contributed by atoms with Gasteiger partial charge in [0.05, 0.1) is 29.7 Å². The average Bonchev–Trinajstić information content (AvgIpc) is 3.41. The van der Waals surface area contributed by atoms with Gasteiger partial charge in [0.2, 0.25) is 0 Å². The van der Waals surface area contributed by atoms with Gasteiger partial charge in [-0.1, -0.05) is 58.4 Å². The van der Waals surface area contributed by atoms with Crippen LogP contribution in [0.2, 0.25) is 0 Å². The van der Waals surface area contributed by atoms with E-state index in [0.29, 0.717) is 17.9 Å². The number of carbonyl (C=O) groups is 1. The van der Waals surface area contributed by atoms with Crippen LogP contribution in [0.1, 0.15) is 51.5 Å². The number of fused-ring (bicyclic) bond motifs is 1. The van der Waals surface area contributed by atoms with E-state index in [4.69, 9.17) is 0 Å². The largest absolute Gasteiger partial charge is 0.410 e. The second-order valence-corrected chi connectivity index (χ2v) is 9.96. The zero-order valence-electron chi connectivity index (χ0n) is 20.1. The summed E-state index contributed by atoms with van der Waals surface area (Å²) < 4.78 is 45.5. The van der Waals surface area contributed by atoms with Gasteiger partial charge < -0.3 is 10.6 Å². The minimum atomic E-state index is -4.52. The lowest BCUT2D eigenvalue weighted by atomic mass is 9.97. The van der Waals surface area contributed by atoms with E-state index >= 15 is 0 Å². The van der Waals surface area contributed by atoms with Crippen LogP contribution in [-0.4, -0.2) is 31.6 Å². The number of rotatable bonds is 5. The fourth-order valence-corrected chi connectivity index (χ4v) is 4.82. The Labute approximate surface area is 219 Å². The fraction of sp³-hybridized carbons (Fsp3) is 0.269. The zero-order valence-corrected chi connectivity index (χ0v) is 21.6. The average molecular weight is 573 g/mol. The Bertz CT molecular complexity index is 1430. The molecule has 0 bridgehead atoms. The van der Waals surface area contributed by atoms with Crippen molar-refractivity contribution in [3.05, 3.63) is 93.3 Å². The predicted octanol–water partition coefficient (Wildman–Crippen LogP) is 6.42. The number of amides is 1. The molecule has 7 nitrogen and oxygen atoms in total. The van der Waals surface area contributed by atoms with Crippen LogP contribution in [0, 0.1) is 13.8 Å². The minimum absolute atomic E-state index is 0.107. The topological polar surface area (TPSA) is 76.8 Å². The summed E-state index contributed by atoms with van der Waals surface area (Å²) in [6, 6.07) is 15.7. The Morgan fingerprint density at radius 1 is 1.11 bits per heavy atom. The summed E-state index contributed by atoms with van der Waals surface area (Å²) in [5.41, 5.74) is 3.50. The van der Waals surface area contributed by atoms with Crippen molar-refractivity contribution in [1.82, 2.24) is 19.6 Å². The molecule has 192 valence electrons. The number of nitrogens with one attached hydrogen (secondary N) is 2. The standard InChI is InChI=1S/C26H24BrF3N6O/c1-15-24(16(2)35(33-15)14-17-8-10-19(27)11-9-17)32-25(37)21-13-23-31-20(18-6-4-3-5-7-18)12-22(26(28,29)30)36(23)34-21/h3-11,13,20,22,31H,12,14H2,1-2H3,(H,32,37)/t20-,22+/m1/s1. The molecular formula is C26H24BrF3N6O. The van der Waals surface area contributed by atoms with Crippen molar-refractivity contribution in [3.8, 4) is 0 Å². The van der Waals surface area contributed by atoms with Crippen molar-refractivity contribution in [1.29, 1.82) is 0 Å². The Balaban J connectivity index is 1.39. The number of aryl methyl sites for hydroxylation is 1. The van der Waals surface area contributed by atoms with Crippen LogP contribution in [0.25, 0.3) is 0 Å². The molecule has 2 aromatic carbocycles. The molecule has 0 saturated carbocycles. The maximum atomic E-state index is 14.0. The van der Waals surface area contributed by atoms with Gasteiger partial charge in [-0.05, 0) is 37.1 Å². The quantitative estimate of drug-likeness (QED) is 0.289. The highest BCUT2D eigenvalue weighted by Gasteiger charge is 2.46. The number of carbonyl (C=O) groups excluding carboxylic acids is 1. The number of alkyl halides is 3. The lowest BCUT2D eigenvalue weighted by Gasteiger charge is -2.33. The third-order valence-corrected chi connectivity index (χ3v) is 7.02. The first-order valence-corrected chi connectivity index (χ1v) is 12.5. The number of nitrogens with zero attached hydrogens (tertiary/aromatic N) is 4. The summed E-state index contributed by atoms with van der Waals surface area (Å²) in [6.45, 7) is 4.11. The van der Waals surface area contributed by atoms with Gasteiger partial charge in [-0.2, -0.15) is 23.4 Å². The van der Waals surface area contributed by atoms with Crippen molar-refractivity contribution in [2.24, 2.45) is 0 Å². The second kappa shape index (κ2) is 9.70. The van der Waals surface area contributed by atoms with Gasteiger partial charge in [0.1, 0.15) is 5.82 Å². The minimum Gasteiger partial charge on any atom is -0.363 e. The first-order chi connectivity index (χ1) is 17.6. The molecule has 0 saturated heterocycles. The molecule has 2 N–H and O–H groups in total. The van der Waals surface area contributed by atoms with E-state index in [-0.39, 0.29) is 17.9 Å². The van der Waals surface area contributed by atoms with E-state index in [1.807, 2.05) is 37.3 Å². The molecule has 1 aliphatic rings. The van der Waals surface area contributed by atoms with Crippen LogP contribution in [0.5, 0.6) is 0 Å². The summed E-state index contributed by atoms with van der Waals surface area (Å²) in [6.07, 6.45) is -4.75. The summed E-state index contributed by atoms with van der Waals surface area (Å²) in [4.78, 5) is 13.1. The Kier molecular flexibility index (Phi) is 6.57. The summed E-state index contributed by atoms with van der Waals surface area (Å²) >= 11 is 3.42. The van der Waals surface area contributed by atoms with E-state index < -0.39 is 24.2 Å². The third kappa shape index (κ3) is 5.13. The molecule has 4 aromatic rings. The molecule has 2 aromatic heterocycles. The number of anilines is 2. The molecule has 0 fully saturated rings. The molecule has 2 atom stereocenters. The number of benzene rings is 2. The van der Waals surface area contributed by atoms with Crippen molar-refractivity contribution in [3.63, 3.8) is 0 Å². The first-order valence-electron chi connectivity index (χ1n) is 11.7. The highest BCUT2D eigenvalue weighted by atomic mass is 79.9. The van der Waals surface area contributed by atoms with Crippen LogP contribution in [0.15, 0.2) is 65.1 Å². The Morgan fingerprint density at radius 3 is 2.49 bits per heavy atom. The SMILES string of the molecule is Cc1nn(Cc2ccc(Br)cc2)c(C)c1NC(=O)c1cc2n(n1)[C@H](C(F)(F)F)C[C@H](c1ccccc1)N2. The van der Waals surface area contributed by atoms with Gasteiger partial charge >= 0.3 is 6.18 Å². The van der Waals surface area contributed by atoms with Crippen LogP contribution in [0.4, 0.5) is 24.7 Å². The molecule has 1 amide bonds. The fourth-order valence-electron chi connectivity index (χ4n) is 4.56. The van der Waals surface area contributed by atoms with E-state index in [1.54, 1.807) is 35.9 Å². The second-order valence-electron chi connectivity index (χ2n) is 9.04. The van der Waals surface area contributed by atoms with Crippen LogP contribution in [-0.2, 0) is 6.54 Å². The number of halogens is 4.